The number of ether oxygens (including phenoxy) is 2. The average molecular weight is 496 g/mol. The van der Waals surface area contributed by atoms with Gasteiger partial charge in [0, 0.05) is 31.1 Å². The van der Waals surface area contributed by atoms with Gasteiger partial charge in [-0.3, -0.25) is 4.79 Å². The SMILES string of the molecule is CC(C)(C)OC(=O)N(C(=O)OC(C)(C)C)C(N)=NC1CNCCN1C(=O)c1ccc(CCl)cc1. The second-order valence-corrected chi connectivity index (χ2v) is 10.1. The molecule has 3 amide bonds. The van der Waals surface area contributed by atoms with E-state index in [4.69, 9.17) is 26.8 Å². The summed E-state index contributed by atoms with van der Waals surface area (Å²) in [6.07, 6.45) is -2.82. The maximum atomic E-state index is 13.2. The maximum Gasteiger partial charge on any atom is 0.427 e. The van der Waals surface area contributed by atoms with Crippen LogP contribution in [0.25, 0.3) is 0 Å². The predicted octanol–water partition coefficient (Wildman–Crippen LogP) is 3.28. The van der Waals surface area contributed by atoms with Crippen LogP contribution in [0.3, 0.4) is 0 Å². The fourth-order valence-electron chi connectivity index (χ4n) is 3.03. The van der Waals surface area contributed by atoms with Crippen molar-refractivity contribution < 1.29 is 23.9 Å². The second kappa shape index (κ2) is 11.1. The number of benzene rings is 1. The monoisotopic (exact) mass is 495 g/mol. The van der Waals surface area contributed by atoms with Crippen molar-refractivity contribution in [3.05, 3.63) is 35.4 Å². The molecule has 1 saturated heterocycles. The van der Waals surface area contributed by atoms with E-state index in [0.717, 1.165) is 5.56 Å². The Morgan fingerprint density at radius 1 is 1.09 bits per heavy atom. The van der Waals surface area contributed by atoms with Crippen LogP contribution in [0, 0.1) is 0 Å². The molecule has 0 spiro atoms. The molecule has 11 heteroatoms. The average Bonchev–Trinajstić information content (AvgIpc) is 2.71. The first-order valence-corrected chi connectivity index (χ1v) is 11.5. The number of nitrogens with zero attached hydrogens (tertiary/aromatic N) is 3. The molecule has 2 rings (SSSR count). The van der Waals surface area contributed by atoms with Crippen molar-refractivity contribution in [2.75, 3.05) is 19.6 Å². The summed E-state index contributed by atoms with van der Waals surface area (Å²) < 4.78 is 10.7. The van der Waals surface area contributed by atoms with Gasteiger partial charge >= 0.3 is 12.2 Å². The summed E-state index contributed by atoms with van der Waals surface area (Å²) in [5.74, 6) is -0.353. The lowest BCUT2D eigenvalue weighted by Gasteiger charge is -2.34. The first-order valence-electron chi connectivity index (χ1n) is 11.0. The van der Waals surface area contributed by atoms with Gasteiger partial charge in [0.1, 0.15) is 17.4 Å². The van der Waals surface area contributed by atoms with Gasteiger partial charge in [-0.2, -0.15) is 0 Å². The highest BCUT2D eigenvalue weighted by Gasteiger charge is 2.36. The number of hydrogen-bond donors (Lipinski definition) is 2. The number of imide groups is 1. The van der Waals surface area contributed by atoms with E-state index < -0.39 is 35.5 Å². The fourth-order valence-corrected chi connectivity index (χ4v) is 3.21. The van der Waals surface area contributed by atoms with Gasteiger partial charge in [-0.1, -0.05) is 12.1 Å². The number of carbonyl (C=O) groups excluding carboxylic acids is 3. The van der Waals surface area contributed by atoms with Crippen LogP contribution < -0.4 is 11.1 Å². The zero-order chi connectivity index (χ0) is 25.7. The van der Waals surface area contributed by atoms with E-state index in [1.165, 1.54) is 4.90 Å². The lowest BCUT2D eigenvalue weighted by molar-refractivity contribution is 0.0144. The zero-order valence-electron chi connectivity index (χ0n) is 20.6. The van der Waals surface area contributed by atoms with Gasteiger partial charge in [-0.25, -0.2) is 14.6 Å². The van der Waals surface area contributed by atoms with Crippen molar-refractivity contribution in [3.63, 3.8) is 0 Å². The van der Waals surface area contributed by atoms with Crippen LogP contribution >= 0.6 is 11.6 Å². The molecule has 0 aliphatic carbocycles. The number of nitrogens with two attached hydrogens (primary N) is 1. The highest BCUT2D eigenvalue weighted by molar-refractivity contribution is 6.17. The minimum Gasteiger partial charge on any atom is -0.443 e. The molecular weight excluding hydrogens is 462 g/mol. The smallest absolute Gasteiger partial charge is 0.427 e. The van der Waals surface area contributed by atoms with Gasteiger partial charge in [0.2, 0.25) is 5.96 Å². The Morgan fingerprint density at radius 3 is 2.09 bits per heavy atom. The second-order valence-electron chi connectivity index (χ2n) is 9.80. The summed E-state index contributed by atoms with van der Waals surface area (Å²) in [6, 6.07) is 6.95. The van der Waals surface area contributed by atoms with E-state index in [2.05, 4.69) is 10.3 Å². The summed E-state index contributed by atoms with van der Waals surface area (Å²) in [4.78, 5) is 45.2. The number of amides is 3. The van der Waals surface area contributed by atoms with Crippen LogP contribution in [-0.2, 0) is 15.4 Å². The Morgan fingerprint density at radius 2 is 1.62 bits per heavy atom. The van der Waals surface area contributed by atoms with Crippen molar-refractivity contribution in [1.29, 1.82) is 0 Å². The number of rotatable bonds is 3. The van der Waals surface area contributed by atoms with Crippen LogP contribution in [0.4, 0.5) is 9.59 Å². The molecule has 1 aromatic rings. The van der Waals surface area contributed by atoms with Crippen LogP contribution in [0.15, 0.2) is 29.3 Å². The molecule has 3 N–H and O–H groups in total. The fraction of sp³-hybridized carbons (Fsp3) is 0.565. The van der Waals surface area contributed by atoms with Gasteiger partial charge in [-0.05, 0) is 59.2 Å². The third kappa shape index (κ3) is 7.88. The Hall–Kier alpha value is -2.85. The van der Waals surface area contributed by atoms with Gasteiger partial charge in [0.05, 0.1) is 0 Å². The Labute approximate surface area is 205 Å². The quantitative estimate of drug-likeness (QED) is 0.374. The van der Waals surface area contributed by atoms with Gasteiger partial charge < -0.3 is 25.4 Å². The van der Waals surface area contributed by atoms with E-state index in [1.54, 1.807) is 65.8 Å². The van der Waals surface area contributed by atoms with E-state index in [1.807, 2.05) is 0 Å². The van der Waals surface area contributed by atoms with Crippen molar-refractivity contribution in [2.45, 2.75) is 64.8 Å². The normalized spacial score (nSPS) is 17.2. The summed E-state index contributed by atoms with van der Waals surface area (Å²) >= 11 is 5.83. The molecule has 0 aromatic heterocycles. The number of carbonyl (C=O) groups is 3. The number of alkyl halides is 1. The molecule has 1 aliphatic heterocycles. The lowest BCUT2D eigenvalue weighted by atomic mass is 10.1. The van der Waals surface area contributed by atoms with Gasteiger partial charge in [-0.15, -0.1) is 16.5 Å². The standard InChI is InChI=1S/C23H34ClN5O5/c1-22(2,3)33-20(31)29(21(32)34-23(4,5)6)19(25)27-17-14-26-11-12-28(17)18(30)16-9-7-15(13-24)8-10-16/h7-10,17,26H,11-14H2,1-6H3,(H2,25,27). The number of hydrogen-bond acceptors (Lipinski definition) is 7. The topological polar surface area (TPSA) is 127 Å². The molecule has 1 atom stereocenters. The van der Waals surface area contributed by atoms with Crippen molar-refractivity contribution in [1.82, 2.24) is 15.1 Å². The lowest BCUT2D eigenvalue weighted by Crippen LogP contribution is -2.55. The van der Waals surface area contributed by atoms with Crippen molar-refractivity contribution in [3.8, 4) is 0 Å². The molecular formula is C23H34ClN5O5. The molecule has 0 radical (unpaired) electrons. The molecule has 0 saturated carbocycles. The summed E-state index contributed by atoms with van der Waals surface area (Å²) in [5.41, 5.74) is 5.70. The summed E-state index contributed by atoms with van der Waals surface area (Å²) in [6.45, 7) is 11.1. The van der Waals surface area contributed by atoms with E-state index >= 15 is 0 Å². The van der Waals surface area contributed by atoms with E-state index in [9.17, 15) is 14.4 Å². The molecule has 1 unspecified atom stereocenters. The first-order chi connectivity index (χ1) is 15.7. The van der Waals surface area contributed by atoms with Gasteiger partial charge in [0.25, 0.3) is 5.91 Å². The summed E-state index contributed by atoms with van der Waals surface area (Å²) in [7, 11) is 0. The third-order valence-electron chi connectivity index (χ3n) is 4.49. The Bertz CT molecular complexity index is 893. The molecule has 188 valence electrons. The largest absolute Gasteiger partial charge is 0.443 e. The number of aliphatic imine (C=N–C) groups is 1. The highest BCUT2D eigenvalue weighted by atomic mass is 35.5. The molecule has 0 bridgehead atoms. The highest BCUT2D eigenvalue weighted by Crippen LogP contribution is 2.17. The van der Waals surface area contributed by atoms with Crippen molar-refractivity contribution >= 4 is 35.7 Å². The first kappa shape index (κ1) is 27.4. The zero-order valence-corrected chi connectivity index (χ0v) is 21.3. The minimum atomic E-state index is -1.03. The van der Waals surface area contributed by atoms with Crippen LogP contribution in [0.1, 0.15) is 57.5 Å². The Balaban J connectivity index is 2.35. The molecule has 1 aromatic carbocycles. The number of piperazine rings is 1. The van der Waals surface area contributed by atoms with E-state index in [0.29, 0.717) is 29.4 Å². The minimum absolute atomic E-state index is 0.259. The third-order valence-corrected chi connectivity index (χ3v) is 4.80. The van der Waals surface area contributed by atoms with Crippen LogP contribution in [0.2, 0.25) is 0 Å². The predicted molar refractivity (Wildman–Crippen MR) is 130 cm³/mol. The van der Waals surface area contributed by atoms with Gasteiger partial charge in [0.15, 0.2) is 0 Å². The molecule has 1 aliphatic rings. The summed E-state index contributed by atoms with van der Waals surface area (Å²) in [5, 5.41) is 3.14. The number of halogens is 1. The molecule has 34 heavy (non-hydrogen) atoms. The number of nitrogens with one attached hydrogen (secondary N) is 1. The van der Waals surface area contributed by atoms with Crippen LogP contribution in [-0.4, -0.2) is 70.9 Å². The van der Waals surface area contributed by atoms with E-state index in [-0.39, 0.29) is 12.5 Å². The molecule has 10 nitrogen and oxygen atoms in total. The number of guanidine groups is 1. The van der Waals surface area contributed by atoms with Crippen molar-refractivity contribution in [2.24, 2.45) is 10.7 Å². The maximum absolute atomic E-state index is 13.2. The van der Waals surface area contributed by atoms with Crippen LogP contribution in [0.5, 0.6) is 0 Å². The molecule has 1 heterocycles. The Kier molecular flexibility index (Phi) is 8.90. The molecule has 1 fully saturated rings.